The van der Waals surface area contributed by atoms with Crippen LogP contribution in [0, 0.1) is 0 Å². The Kier molecular flexibility index (Phi) is 4.59. The van der Waals surface area contributed by atoms with Gasteiger partial charge in [-0.25, -0.2) is 0 Å². The van der Waals surface area contributed by atoms with Crippen LogP contribution < -0.4 is 5.32 Å². The molecule has 0 aliphatic heterocycles. The summed E-state index contributed by atoms with van der Waals surface area (Å²) in [4.78, 5) is 4.35. The van der Waals surface area contributed by atoms with E-state index in [1.165, 1.54) is 0 Å². The van der Waals surface area contributed by atoms with Crippen LogP contribution in [0.2, 0.25) is 0 Å². The summed E-state index contributed by atoms with van der Waals surface area (Å²) in [7, 11) is 0. The lowest BCUT2D eigenvalue weighted by atomic mass is 10.0. The zero-order chi connectivity index (χ0) is 10.4. The summed E-state index contributed by atoms with van der Waals surface area (Å²) in [6.07, 6.45) is 2.11. The molecule has 14 heavy (non-hydrogen) atoms. The number of hydrogen-bond acceptors (Lipinski definition) is 4. The monoisotopic (exact) mass is 197 g/mol. The Morgan fingerprint density at radius 1 is 1.29 bits per heavy atom. The predicted octanol–water partition coefficient (Wildman–Crippen LogP) is 2.08. The molecule has 0 saturated heterocycles. The minimum Gasteiger partial charge on any atom is -0.339 e. The van der Waals surface area contributed by atoms with E-state index < -0.39 is 0 Å². The van der Waals surface area contributed by atoms with Crippen LogP contribution in [0.15, 0.2) is 4.52 Å². The maximum absolute atomic E-state index is 5.20. The lowest BCUT2D eigenvalue weighted by Gasteiger charge is -2.04. The van der Waals surface area contributed by atoms with E-state index in [1.807, 2.05) is 0 Å². The molecule has 0 amide bonds. The highest BCUT2D eigenvalue weighted by Gasteiger charge is 2.14. The summed E-state index contributed by atoms with van der Waals surface area (Å²) in [6, 6.07) is 0. The highest BCUT2D eigenvalue weighted by molar-refractivity contribution is 4.92. The van der Waals surface area contributed by atoms with E-state index in [9.17, 15) is 0 Å². The molecule has 0 aromatic carbocycles. The maximum Gasteiger partial charge on any atom is 0.229 e. The Balaban J connectivity index is 2.57. The van der Waals surface area contributed by atoms with Gasteiger partial charge in [-0.05, 0) is 19.4 Å². The average molecular weight is 197 g/mol. The van der Waals surface area contributed by atoms with Gasteiger partial charge in [0.15, 0.2) is 5.82 Å². The summed E-state index contributed by atoms with van der Waals surface area (Å²) >= 11 is 0. The number of nitrogens with one attached hydrogen (secondary N) is 1. The van der Waals surface area contributed by atoms with Crippen molar-refractivity contribution in [2.45, 2.75) is 46.1 Å². The third kappa shape index (κ3) is 2.80. The van der Waals surface area contributed by atoms with Gasteiger partial charge in [0.2, 0.25) is 5.89 Å². The summed E-state index contributed by atoms with van der Waals surface area (Å²) < 4.78 is 5.20. The Hall–Kier alpha value is -0.900. The zero-order valence-electron chi connectivity index (χ0n) is 9.21. The van der Waals surface area contributed by atoms with Crippen molar-refractivity contribution >= 4 is 0 Å². The van der Waals surface area contributed by atoms with Crippen molar-refractivity contribution in [1.29, 1.82) is 0 Å². The molecule has 1 aromatic rings. The van der Waals surface area contributed by atoms with Gasteiger partial charge >= 0.3 is 0 Å². The number of rotatable bonds is 6. The molecule has 0 atom stereocenters. The normalized spacial score (nSPS) is 11.1. The second-order valence-corrected chi connectivity index (χ2v) is 3.34. The van der Waals surface area contributed by atoms with Gasteiger partial charge in [-0.2, -0.15) is 4.98 Å². The standard InChI is InChI=1S/C10H19N3O/c1-4-8(5-2)10-12-9(13-14-10)7-11-6-3/h8,11H,4-7H2,1-3H3. The number of aromatic nitrogens is 2. The molecule has 0 unspecified atom stereocenters. The topological polar surface area (TPSA) is 51.0 Å². The van der Waals surface area contributed by atoms with Crippen LogP contribution >= 0.6 is 0 Å². The Labute approximate surface area is 85.1 Å². The maximum atomic E-state index is 5.20. The van der Waals surface area contributed by atoms with Crippen molar-refractivity contribution in [3.05, 3.63) is 11.7 Å². The molecular weight excluding hydrogens is 178 g/mol. The first-order valence-electron chi connectivity index (χ1n) is 5.34. The first-order valence-corrected chi connectivity index (χ1v) is 5.34. The molecule has 0 radical (unpaired) electrons. The fraction of sp³-hybridized carbons (Fsp3) is 0.800. The second kappa shape index (κ2) is 5.75. The Morgan fingerprint density at radius 3 is 2.57 bits per heavy atom. The van der Waals surface area contributed by atoms with Crippen LogP contribution in [0.4, 0.5) is 0 Å². The summed E-state index contributed by atoms with van der Waals surface area (Å²) in [5, 5.41) is 7.09. The molecule has 0 aliphatic carbocycles. The molecule has 0 aliphatic rings. The van der Waals surface area contributed by atoms with E-state index in [0.717, 1.165) is 31.1 Å². The lowest BCUT2D eigenvalue weighted by molar-refractivity contribution is 0.342. The van der Waals surface area contributed by atoms with E-state index in [-0.39, 0.29) is 0 Å². The molecule has 0 fully saturated rings. The van der Waals surface area contributed by atoms with Crippen LogP contribution in [-0.2, 0) is 6.54 Å². The van der Waals surface area contributed by atoms with Crippen LogP contribution in [-0.4, -0.2) is 16.7 Å². The molecule has 1 N–H and O–H groups in total. The molecule has 4 nitrogen and oxygen atoms in total. The van der Waals surface area contributed by atoms with E-state index in [1.54, 1.807) is 0 Å². The molecule has 1 heterocycles. The van der Waals surface area contributed by atoms with Crippen molar-refractivity contribution < 1.29 is 4.52 Å². The molecule has 0 spiro atoms. The van der Waals surface area contributed by atoms with Crippen LogP contribution in [0.1, 0.15) is 51.2 Å². The zero-order valence-corrected chi connectivity index (χ0v) is 9.21. The second-order valence-electron chi connectivity index (χ2n) is 3.34. The van der Waals surface area contributed by atoms with Gasteiger partial charge in [-0.1, -0.05) is 25.9 Å². The lowest BCUT2D eigenvalue weighted by Crippen LogP contribution is -2.12. The first kappa shape index (κ1) is 11.2. The molecule has 1 rings (SSSR count). The fourth-order valence-corrected chi connectivity index (χ4v) is 1.38. The van der Waals surface area contributed by atoms with Crippen molar-refractivity contribution in [3.8, 4) is 0 Å². The van der Waals surface area contributed by atoms with E-state index in [0.29, 0.717) is 12.5 Å². The smallest absolute Gasteiger partial charge is 0.229 e. The molecule has 0 saturated carbocycles. The van der Waals surface area contributed by atoms with E-state index >= 15 is 0 Å². The first-order chi connectivity index (χ1) is 6.81. The molecule has 4 heteroatoms. The van der Waals surface area contributed by atoms with E-state index in [4.69, 9.17) is 4.52 Å². The molecule has 80 valence electrons. The molecule has 0 bridgehead atoms. The predicted molar refractivity (Wildman–Crippen MR) is 55.0 cm³/mol. The number of hydrogen-bond donors (Lipinski definition) is 1. The SMILES string of the molecule is CCNCc1noc(C(CC)CC)n1. The van der Waals surface area contributed by atoms with E-state index in [2.05, 4.69) is 36.2 Å². The highest BCUT2D eigenvalue weighted by Crippen LogP contribution is 2.20. The van der Waals surface area contributed by atoms with Gasteiger partial charge in [0.25, 0.3) is 0 Å². The minimum atomic E-state index is 0.415. The van der Waals surface area contributed by atoms with Crippen molar-refractivity contribution in [2.75, 3.05) is 6.54 Å². The molecular formula is C10H19N3O. The quantitative estimate of drug-likeness (QED) is 0.758. The van der Waals surface area contributed by atoms with Gasteiger partial charge in [0, 0.05) is 5.92 Å². The van der Waals surface area contributed by atoms with Gasteiger partial charge in [0.1, 0.15) is 0 Å². The number of nitrogens with zero attached hydrogens (tertiary/aromatic N) is 2. The third-order valence-electron chi connectivity index (χ3n) is 2.35. The highest BCUT2D eigenvalue weighted by atomic mass is 16.5. The summed E-state index contributed by atoms with van der Waals surface area (Å²) in [5.74, 6) is 1.95. The van der Waals surface area contributed by atoms with Gasteiger partial charge in [-0.3, -0.25) is 0 Å². The summed E-state index contributed by atoms with van der Waals surface area (Å²) in [5.41, 5.74) is 0. The average Bonchev–Trinajstić information content (AvgIpc) is 2.65. The van der Waals surface area contributed by atoms with Crippen LogP contribution in [0.5, 0.6) is 0 Å². The summed E-state index contributed by atoms with van der Waals surface area (Å²) in [6.45, 7) is 7.96. The van der Waals surface area contributed by atoms with Gasteiger partial charge in [0.05, 0.1) is 6.54 Å². The van der Waals surface area contributed by atoms with Crippen molar-refractivity contribution in [1.82, 2.24) is 15.5 Å². The van der Waals surface area contributed by atoms with Gasteiger partial charge in [-0.15, -0.1) is 0 Å². The van der Waals surface area contributed by atoms with Crippen molar-refractivity contribution in [2.24, 2.45) is 0 Å². The minimum absolute atomic E-state index is 0.415. The molecule has 1 aromatic heterocycles. The van der Waals surface area contributed by atoms with Crippen LogP contribution in [0.25, 0.3) is 0 Å². The van der Waals surface area contributed by atoms with Crippen molar-refractivity contribution in [3.63, 3.8) is 0 Å². The third-order valence-corrected chi connectivity index (χ3v) is 2.35. The fourth-order valence-electron chi connectivity index (χ4n) is 1.38. The largest absolute Gasteiger partial charge is 0.339 e. The Morgan fingerprint density at radius 2 is 2.00 bits per heavy atom. The van der Waals surface area contributed by atoms with Crippen LogP contribution in [0.3, 0.4) is 0 Å². The Bertz CT molecular complexity index is 256. The van der Waals surface area contributed by atoms with Gasteiger partial charge < -0.3 is 9.84 Å².